The molecule has 20 heavy (non-hydrogen) atoms. The van der Waals surface area contributed by atoms with Crippen molar-refractivity contribution in [1.82, 2.24) is 4.98 Å². The number of nitrogens with one attached hydrogen (secondary N) is 1. The van der Waals surface area contributed by atoms with Crippen molar-refractivity contribution in [3.05, 3.63) is 18.0 Å². The average molecular weight is 279 g/mol. The van der Waals surface area contributed by atoms with Crippen LogP contribution in [-0.2, 0) is 5.41 Å². The van der Waals surface area contributed by atoms with Gasteiger partial charge in [-0.2, -0.15) is 0 Å². The van der Waals surface area contributed by atoms with Gasteiger partial charge in [0.15, 0.2) is 0 Å². The van der Waals surface area contributed by atoms with E-state index in [-0.39, 0.29) is 5.41 Å². The van der Waals surface area contributed by atoms with Crippen molar-refractivity contribution in [2.24, 2.45) is 0 Å². The maximum absolute atomic E-state index is 5.53. The molecule has 0 aliphatic heterocycles. The molecule has 1 rings (SSSR count). The van der Waals surface area contributed by atoms with Gasteiger partial charge in [-0.25, -0.2) is 0 Å². The number of methoxy groups -OCH3 is 1. The van der Waals surface area contributed by atoms with Gasteiger partial charge in [0.25, 0.3) is 0 Å². The van der Waals surface area contributed by atoms with E-state index in [0.29, 0.717) is 0 Å². The standard InChI is InChI=1S/C18H33NO/c1-5-7-9-11-13-18(3,12-10-8-6-2)16-14-19-15-17(16)20-4/h14-15,19H,5-13H2,1-4H3. The van der Waals surface area contributed by atoms with Crippen molar-refractivity contribution >= 4 is 0 Å². The van der Waals surface area contributed by atoms with Crippen molar-refractivity contribution in [3.8, 4) is 5.75 Å². The molecule has 0 spiro atoms. The lowest BCUT2D eigenvalue weighted by molar-refractivity contribution is 0.341. The van der Waals surface area contributed by atoms with Gasteiger partial charge >= 0.3 is 0 Å². The van der Waals surface area contributed by atoms with E-state index in [1.54, 1.807) is 7.11 Å². The molecule has 116 valence electrons. The summed E-state index contributed by atoms with van der Waals surface area (Å²) in [5, 5.41) is 0. The molecule has 0 fully saturated rings. The van der Waals surface area contributed by atoms with E-state index in [0.717, 1.165) is 5.75 Å². The first kappa shape index (κ1) is 17.1. The Morgan fingerprint density at radius 2 is 1.55 bits per heavy atom. The lowest BCUT2D eigenvalue weighted by atomic mass is 9.75. The maximum atomic E-state index is 5.53. The Morgan fingerprint density at radius 3 is 2.15 bits per heavy atom. The molecule has 0 radical (unpaired) electrons. The van der Waals surface area contributed by atoms with Crippen molar-refractivity contribution in [1.29, 1.82) is 0 Å². The van der Waals surface area contributed by atoms with Crippen LogP contribution < -0.4 is 4.74 Å². The van der Waals surface area contributed by atoms with Crippen LogP contribution in [-0.4, -0.2) is 12.1 Å². The highest BCUT2D eigenvalue weighted by Crippen LogP contribution is 2.40. The first-order valence-electron chi connectivity index (χ1n) is 8.39. The second-order valence-corrected chi connectivity index (χ2v) is 6.27. The molecule has 0 aliphatic carbocycles. The second kappa shape index (κ2) is 9.10. The van der Waals surface area contributed by atoms with Gasteiger partial charge in [0.05, 0.1) is 7.11 Å². The summed E-state index contributed by atoms with van der Waals surface area (Å²) < 4.78 is 5.53. The van der Waals surface area contributed by atoms with Gasteiger partial charge in [0.2, 0.25) is 0 Å². The van der Waals surface area contributed by atoms with Crippen LogP contribution in [0.1, 0.15) is 84.1 Å². The van der Waals surface area contributed by atoms with E-state index in [1.165, 1.54) is 63.4 Å². The van der Waals surface area contributed by atoms with Gasteiger partial charge in [-0.05, 0) is 18.3 Å². The molecule has 1 unspecified atom stereocenters. The Hall–Kier alpha value is -0.920. The normalized spacial score (nSPS) is 14.2. The molecular formula is C18H33NO. The fraction of sp³-hybridized carbons (Fsp3) is 0.778. The Kier molecular flexibility index (Phi) is 7.79. The fourth-order valence-electron chi connectivity index (χ4n) is 3.09. The Bertz CT molecular complexity index is 358. The molecule has 0 bridgehead atoms. The van der Waals surface area contributed by atoms with Crippen molar-refractivity contribution < 1.29 is 4.74 Å². The third kappa shape index (κ3) is 4.88. The first-order valence-corrected chi connectivity index (χ1v) is 8.39. The second-order valence-electron chi connectivity index (χ2n) is 6.27. The van der Waals surface area contributed by atoms with Gasteiger partial charge in [0, 0.05) is 18.0 Å². The van der Waals surface area contributed by atoms with Crippen LogP contribution in [0.15, 0.2) is 12.4 Å². The van der Waals surface area contributed by atoms with Crippen LogP contribution >= 0.6 is 0 Å². The zero-order valence-corrected chi connectivity index (χ0v) is 13.9. The van der Waals surface area contributed by atoms with Crippen LogP contribution in [0.2, 0.25) is 0 Å². The summed E-state index contributed by atoms with van der Waals surface area (Å²) in [6, 6.07) is 0. The summed E-state index contributed by atoms with van der Waals surface area (Å²) in [5.74, 6) is 1.03. The summed E-state index contributed by atoms with van der Waals surface area (Å²) in [7, 11) is 1.77. The lowest BCUT2D eigenvalue weighted by Gasteiger charge is -2.30. The van der Waals surface area contributed by atoms with Gasteiger partial charge in [-0.15, -0.1) is 0 Å². The van der Waals surface area contributed by atoms with E-state index in [9.17, 15) is 0 Å². The highest BCUT2D eigenvalue weighted by molar-refractivity contribution is 5.36. The molecule has 0 amide bonds. The molecule has 1 aromatic heterocycles. The third-order valence-corrected chi connectivity index (χ3v) is 4.49. The van der Waals surface area contributed by atoms with Gasteiger partial charge < -0.3 is 9.72 Å². The molecule has 0 saturated carbocycles. The molecule has 0 aromatic carbocycles. The molecule has 2 heteroatoms. The van der Waals surface area contributed by atoms with Crippen LogP contribution in [0.25, 0.3) is 0 Å². The van der Waals surface area contributed by atoms with E-state index >= 15 is 0 Å². The number of hydrogen-bond acceptors (Lipinski definition) is 1. The van der Waals surface area contributed by atoms with Crippen molar-refractivity contribution in [2.75, 3.05) is 7.11 Å². The van der Waals surface area contributed by atoms with E-state index < -0.39 is 0 Å². The van der Waals surface area contributed by atoms with E-state index in [1.807, 2.05) is 6.20 Å². The summed E-state index contributed by atoms with van der Waals surface area (Å²) >= 11 is 0. The molecule has 1 aromatic rings. The summed E-state index contributed by atoms with van der Waals surface area (Å²) in [6.07, 6.45) is 15.9. The zero-order chi connectivity index (χ0) is 14.8. The SMILES string of the molecule is CCCCCCC(C)(CCCCC)c1c[nH]cc1OC. The molecule has 0 aliphatic rings. The largest absolute Gasteiger partial charge is 0.495 e. The van der Waals surface area contributed by atoms with Crippen molar-refractivity contribution in [3.63, 3.8) is 0 Å². The zero-order valence-electron chi connectivity index (χ0n) is 13.9. The highest BCUT2D eigenvalue weighted by Gasteiger charge is 2.29. The maximum Gasteiger partial charge on any atom is 0.140 e. The van der Waals surface area contributed by atoms with Gasteiger partial charge in [-0.3, -0.25) is 0 Å². The monoisotopic (exact) mass is 279 g/mol. The number of ether oxygens (including phenoxy) is 1. The number of aromatic nitrogens is 1. The van der Waals surface area contributed by atoms with Crippen molar-refractivity contribution in [2.45, 2.75) is 84.0 Å². The minimum Gasteiger partial charge on any atom is -0.495 e. The molecule has 1 atom stereocenters. The molecule has 1 N–H and O–H groups in total. The fourth-order valence-corrected chi connectivity index (χ4v) is 3.09. The molecular weight excluding hydrogens is 246 g/mol. The predicted molar refractivity (Wildman–Crippen MR) is 87.6 cm³/mol. The summed E-state index contributed by atoms with van der Waals surface area (Å²) in [5.41, 5.74) is 1.63. The van der Waals surface area contributed by atoms with E-state index in [4.69, 9.17) is 4.74 Å². The smallest absolute Gasteiger partial charge is 0.140 e. The Labute approximate surface area is 125 Å². The Morgan fingerprint density at radius 1 is 0.950 bits per heavy atom. The number of hydrogen-bond donors (Lipinski definition) is 1. The van der Waals surface area contributed by atoms with Gasteiger partial charge in [0.1, 0.15) is 5.75 Å². The first-order chi connectivity index (χ1) is 9.68. The Balaban J connectivity index is 2.72. The number of rotatable bonds is 11. The number of H-pyrrole nitrogens is 1. The average Bonchev–Trinajstić information content (AvgIpc) is 2.93. The summed E-state index contributed by atoms with van der Waals surface area (Å²) in [6.45, 7) is 6.96. The van der Waals surface area contributed by atoms with Gasteiger partial charge in [-0.1, -0.05) is 65.7 Å². The third-order valence-electron chi connectivity index (χ3n) is 4.49. The van der Waals surface area contributed by atoms with Crippen LogP contribution in [0, 0.1) is 0 Å². The summed E-state index contributed by atoms with van der Waals surface area (Å²) in [4.78, 5) is 3.22. The minimum absolute atomic E-state index is 0.258. The highest BCUT2D eigenvalue weighted by atomic mass is 16.5. The minimum atomic E-state index is 0.258. The quantitative estimate of drug-likeness (QED) is 0.506. The topological polar surface area (TPSA) is 25.0 Å². The van der Waals surface area contributed by atoms with Crippen LogP contribution in [0.3, 0.4) is 0 Å². The van der Waals surface area contributed by atoms with E-state index in [2.05, 4.69) is 32.0 Å². The van der Waals surface area contributed by atoms with Crippen LogP contribution in [0.4, 0.5) is 0 Å². The lowest BCUT2D eigenvalue weighted by Crippen LogP contribution is -2.22. The number of aromatic amines is 1. The molecule has 2 nitrogen and oxygen atoms in total. The van der Waals surface area contributed by atoms with Crippen LogP contribution in [0.5, 0.6) is 5.75 Å². The molecule has 1 heterocycles. The molecule has 0 saturated heterocycles. The predicted octanol–water partition coefficient (Wildman–Crippen LogP) is 5.83. The number of unbranched alkanes of at least 4 members (excludes halogenated alkanes) is 5.